The summed E-state index contributed by atoms with van der Waals surface area (Å²) in [6, 6.07) is 3.84. The first kappa shape index (κ1) is 13.5. The van der Waals surface area contributed by atoms with E-state index in [1.165, 1.54) is 25.3 Å². The van der Waals surface area contributed by atoms with Crippen LogP contribution in [0.4, 0.5) is 13.2 Å². The van der Waals surface area contributed by atoms with Gasteiger partial charge in [0.2, 0.25) is 5.82 Å². The summed E-state index contributed by atoms with van der Waals surface area (Å²) < 4.78 is 42.0. The van der Waals surface area contributed by atoms with Gasteiger partial charge in [-0.15, -0.1) is 0 Å². The first-order valence-corrected chi connectivity index (χ1v) is 5.33. The molecule has 8 heteroatoms. The molecule has 0 bridgehead atoms. The summed E-state index contributed by atoms with van der Waals surface area (Å²) in [5, 5.41) is -0.222. The van der Waals surface area contributed by atoms with Crippen LogP contribution in [0.3, 0.4) is 0 Å². The number of carbonyl (C=O) groups excluding carboxylic acids is 1. The van der Waals surface area contributed by atoms with Gasteiger partial charge in [-0.3, -0.25) is 0 Å². The van der Waals surface area contributed by atoms with E-state index < -0.39 is 18.0 Å². The van der Waals surface area contributed by atoms with Crippen molar-refractivity contribution in [2.75, 3.05) is 7.11 Å². The van der Waals surface area contributed by atoms with E-state index in [1.807, 2.05) is 0 Å². The Morgan fingerprint density at radius 3 is 2.58 bits per heavy atom. The number of aromatic nitrogens is 2. The van der Waals surface area contributed by atoms with Crippen molar-refractivity contribution in [2.24, 2.45) is 0 Å². The number of nitrogens with zero attached hydrogens (tertiary/aromatic N) is 2. The van der Waals surface area contributed by atoms with Crippen molar-refractivity contribution in [3.05, 3.63) is 34.7 Å². The molecular formula is C11H6ClF3N2O2. The lowest BCUT2D eigenvalue weighted by molar-refractivity contribution is -0.144. The SMILES string of the molecule is COC(=O)c1ccc2nc(C(F)(F)F)nc(Cl)c2c1. The lowest BCUT2D eigenvalue weighted by Gasteiger charge is -2.08. The van der Waals surface area contributed by atoms with Gasteiger partial charge in [-0.05, 0) is 18.2 Å². The number of carbonyl (C=O) groups is 1. The van der Waals surface area contributed by atoms with Gasteiger partial charge in [-0.1, -0.05) is 11.6 Å². The van der Waals surface area contributed by atoms with Gasteiger partial charge < -0.3 is 4.74 Å². The molecular weight excluding hydrogens is 285 g/mol. The molecule has 0 amide bonds. The maximum atomic E-state index is 12.5. The van der Waals surface area contributed by atoms with Crippen molar-refractivity contribution >= 4 is 28.5 Å². The quantitative estimate of drug-likeness (QED) is 0.598. The lowest BCUT2D eigenvalue weighted by Crippen LogP contribution is -2.11. The van der Waals surface area contributed by atoms with Crippen LogP contribution in [0.2, 0.25) is 5.15 Å². The highest BCUT2D eigenvalue weighted by Crippen LogP contribution is 2.30. The maximum absolute atomic E-state index is 12.5. The molecule has 19 heavy (non-hydrogen) atoms. The van der Waals surface area contributed by atoms with Crippen molar-refractivity contribution in [3.8, 4) is 0 Å². The number of hydrogen-bond donors (Lipinski definition) is 0. The fourth-order valence-electron chi connectivity index (χ4n) is 1.46. The topological polar surface area (TPSA) is 52.1 Å². The monoisotopic (exact) mass is 290 g/mol. The minimum Gasteiger partial charge on any atom is -0.465 e. The Labute approximate surface area is 110 Å². The Morgan fingerprint density at radius 1 is 1.32 bits per heavy atom. The maximum Gasteiger partial charge on any atom is 0.451 e. The van der Waals surface area contributed by atoms with Crippen molar-refractivity contribution < 1.29 is 22.7 Å². The van der Waals surface area contributed by atoms with Crippen molar-refractivity contribution in [2.45, 2.75) is 6.18 Å². The molecule has 0 fully saturated rings. The van der Waals surface area contributed by atoms with Gasteiger partial charge in [-0.2, -0.15) is 13.2 Å². The summed E-state index contributed by atoms with van der Waals surface area (Å²) in [7, 11) is 1.19. The summed E-state index contributed by atoms with van der Waals surface area (Å²) >= 11 is 5.68. The van der Waals surface area contributed by atoms with Gasteiger partial charge >= 0.3 is 12.1 Å². The fourth-order valence-corrected chi connectivity index (χ4v) is 1.69. The number of esters is 1. The van der Waals surface area contributed by atoms with E-state index in [9.17, 15) is 18.0 Å². The molecule has 2 aromatic rings. The van der Waals surface area contributed by atoms with E-state index in [4.69, 9.17) is 11.6 Å². The molecule has 0 saturated carbocycles. The van der Waals surface area contributed by atoms with Crippen LogP contribution in [0.15, 0.2) is 18.2 Å². The third-order valence-corrected chi connectivity index (χ3v) is 2.61. The Hall–Kier alpha value is -1.89. The predicted molar refractivity (Wildman–Crippen MR) is 60.9 cm³/mol. The number of benzene rings is 1. The van der Waals surface area contributed by atoms with Crippen LogP contribution in [-0.4, -0.2) is 23.0 Å². The Bertz CT molecular complexity index is 658. The zero-order valence-electron chi connectivity index (χ0n) is 9.45. The number of hydrogen-bond acceptors (Lipinski definition) is 4. The molecule has 0 atom stereocenters. The first-order chi connectivity index (χ1) is 8.82. The van der Waals surface area contributed by atoms with Gasteiger partial charge in [0.05, 0.1) is 18.2 Å². The summed E-state index contributed by atoms with van der Waals surface area (Å²) in [5.41, 5.74) is 0.153. The number of ether oxygens (including phenoxy) is 1. The highest BCUT2D eigenvalue weighted by Gasteiger charge is 2.35. The van der Waals surface area contributed by atoms with E-state index in [0.29, 0.717) is 0 Å². The minimum absolute atomic E-state index is 0.0000203. The molecule has 1 aromatic carbocycles. The number of halogens is 4. The second-order valence-corrected chi connectivity index (χ2v) is 3.92. The number of fused-ring (bicyclic) bond motifs is 1. The van der Waals surface area contributed by atoms with Gasteiger partial charge in [0.15, 0.2) is 0 Å². The van der Waals surface area contributed by atoms with Gasteiger partial charge in [-0.25, -0.2) is 14.8 Å². The molecule has 0 radical (unpaired) electrons. The highest BCUT2D eigenvalue weighted by molar-refractivity contribution is 6.34. The van der Waals surface area contributed by atoms with Crippen LogP contribution < -0.4 is 0 Å². The fraction of sp³-hybridized carbons (Fsp3) is 0.182. The molecule has 4 nitrogen and oxygen atoms in total. The average molecular weight is 291 g/mol. The Balaban J connectivity index is 2.63. The van der Waals surface area contributed by atoms with Crippen molar-refractivity contribution in [3.63, 3.8) is 0 Å². The number of alkyl halides is 3. The van der Waals surface area contributed by atoms with Crippen LogP contribution in [0.1, 0.15) is 16.2 Å². The van der Waals surface area contributed by atoms with Crippen molar-refractivity contribution in [1.82, 2.24) is 9.97 Å². The zero-order chi connectivity index (χ0) is 14.2. The van der Waals surface area contributed by atoms with Gasteiger partial charge in [0, 0.05) is 5.39 Å². The van der Waals surface area contributed by atoms with E-state index in [0.717, 1.165) is 0 Å². The standard InChI is InChI=1S/C11H6ClF3N2O2/c1-19-9(18)5-2-3-7-6(4-5)8(12)17-10(16-7)11(13,14)15/h2-4H,1H3. The van der Waals surface area contributed by atoms with Crippen LogP contribution in [0, 0.1) is 0 Å². The van der Waals surface area contributed by atoms with E-state index in [1.54, 1.807) is 0 Å². The summed E-state index contributed by atoms with van der Waals surface area (Å²) in [4.78, 5) is 17.8. The molecule has 0 aliphatic carbocycles. The van der Waals surface area contributed by atoms with Crippen LogP contribution in [0.5, 0.6) is 0 Å². The van der Waals surface area contributed by atoms with Gasteiger partial charge in [0.25, 0.3) is 0 Å². The van der Waals surface area contributed by atoms with Crippen molar-refractivity contribution in [1.29, 1.82) is 0 Å². The van der Waals surface area contributed by atoms with Crippen LogP contribution in [0.25, 0.3) is 10.9 Å². The highest BCUT2D eigenvalue weighted by atomic mass is 35.5. The van der Waals surface area contributed by atoms with E-state index >= 15 is 0 Å². The van der Waals surface area contributed by atoms with E-state index in [-0.39, 0.29) is 21.6 Å². The van der Waals surface area contributed by atoms with Crippen LogP contribution >= 0.6 is 11.6 Å². The minimum atomic E-state index is -4.68. The molecule has 0 unspecified atom stereocenters. The number of rotatable bonds is 1. The predicted octanol–water partition coefficient (Wildman–Crippen LogP) is 3.09. The third kappa shape index (κ3) is 2.60. The summed E-state index contributed by atoms with van der Waals surface area (Å²) in [6.07, 6.45) is -4.68. The Kier molecular flexibility index (Phi) is 3.32. The molecule has 0 aliphatic heterocycles. The molecule has 0 N–H and O–H groups in total. The Morgan fingerprint density at radius 2 is 2.00 bits per heavy atom. The molecule has 0 spiro atoms. The first-order valence-electron chi connectivity index (χ1n) is 4.95. The molecule has 100 valence electrons. The molecule has 1 aromatic heterocycles. The average Bonchev–Trinajstić information content (AvgIpc) is 2.36. The summed E-state index contributed by atoms with van der Waals surface area (Å²) in [5.74, 6) is -1.95. The molecule has 0 aliphatic rings. The third-order valence-electron chi connectivity index (χ3n) is 2.32. The smallest absolute Gasteiger partial charge is 0.451 e. The normalized spacial score (nSPS) is 11.6. The zero-order valence-corrected chi connectivity index (χ0v) is 10.2. The van der Waals surface area contributed by atoms with Gasteiger partial charge in [0.1, 0.15) is 5.15 Å². The molecule has 1 heterocycles. The second kappa shape index (κ2) is 4.65. The summed E-state index contributed by atoms with van der Waals surface area (Å²) in [6.45, 7) is 0. The van der Waals surface area contributed by atoms with Crippen LogP contribution in [-0.2, 0) is 10.9 Å². The number of methoxy groups -OCH3 is 1. The molecule has 2 rings (SSSR count). The largest absolute Gasteiger partial charge is 0.465 e. The lowest BCUT2D eigenvalue weighted by atomic mass is 10.1. The molecule has 0 saturated heterocycles. The van der Waals surface area contributed by atoms with E-state index in [2.05, 4.69) is 14.7 Å². The second-order valence-electron chi connectivity index (χ2n) is 3.56.